The minimum absolute atomic E-state index is 0.0706. The van der Waals surface area contributed by atoms with Crippen molar-refractivity contribution in [1.82, 2.24) is 9.88 Å². The molecule has 1 fully saturated rings. The first kappa shape index (κ1) is 22.3. The second-order valence-corrected chi connectivity index (χ2v) is 8.43. The third-order valence-corrected chi connectivity index (χ3v) is 5.45. The summed E-state index contributed by atoms with van der Waals surface area (Å²) in [7, 11) is 0. The van der Waals surface area contributed by atoms with Crippen LogP contribution in [0.1, 0.15) is 36.6 Å². The first-order chi connectivity index (χ1) is 16.0. The van der Waals surface area contributed by atoms with Gasteiger partial charge in [-0.1, -0.05) is 56.3 Å². The van der Waals surface area contributed by atoms with Gasteiger partial charge < -0.3 is 14.7 Å². The molecule has 0 radical (unpaired) electrons. The number of hydrogen-bond acceptors (Lipinski definition) is 5. The summed E-state index contributed by atoms with van der Waals surface area (Å²) in [5.74, 6) is -0.546. The zero-order valence-electron chi connectivity index (χ0n) is 18.6. The maximum Gasteiger partial charge on any atom is 0.295 e. The molecule has 1 amide bonds. The van der Waals surface area contributed by atoms with Crippen molar-refractivity contribution in [2.75, 3.05) is 6.61 Å². The Balaban J connectivity index is 1.82. The van der Waals surface area contributed by atoms with Gasteiger partial charge in [0.05, 0.1) is 18.2 Å². The summed E-state index contributed by atoms with van der Waals surface area (Å²) in [5.41, 5.74) is 2.09. The van der Waals surface area contributed by atoms with Crippen LogP contribution in [0.25, 0.3) is 5.76 Å². The first-order valence-corrected chi connectivity index (χ1v) is 10.9. The fourth-order valence-electron chi connectivity index (χ4n) is 3.86. The molecule has 4 rings (SSSR count). The number of benzene rings is 2. The topological polar surface area (TPSA) is 79.7 Å². The van der Waals surface area contributed by atoms with E-state index in [2.05, 4.69) is 18.8 Å². The molecule has 1 unspecified atom stereocenters. The number of nitrogens with zero attached hydrogens (tertiary/aromatic N) is 2. The minimum atomic E-state index is -0.749. The molecular formula is C27H26N2O4. The van der Waals surface area contributed by atoms with Gasteiger partial charge in [-0.2, -0.15) is 0 Å². The van der Waals surface area contributed by atoms with Gasteiger partial charge in [0, 0.05) is 24.5 Å². The van der Waals surface area contributed by atoms with Crippen LogP contribution in [0.3, 0.4) is 0 Å². The summed E-state index contributed by atoms with van der Waals surface area (Å²) < 4.78 is 5.88. The summed E-state index contributed by atoms with van der Waals surface area (Å²) in [4.78, 5) is 31.8. The van der Waals surface area contributed by atoms with Crippen LogP contribution in [0.15, 0.2) is 84.7 Å². The Kier molecular flexibility index (Phi) is 6.54. The van der Waals surface area contributed by atoms with Crippen molar-refractivity contribution < 1.29 is 19.4 Å². The van der Waals surface area contributed by atoms with Gasteiger partial charge in [0.15, 0.2) is 0 Å². The average Bonchev–Trinajstić information content (AvgIpc) is 3.08. The van der Waals surface area contributed by atoms with Gasteiger partial charge in [0.2, 0.25) is 0 Å². The number of pyridine rings is 1. The van der Waals surface area contributed by atoms with E-state index in [0.717, 1.165) is 5.56 Å². The minimum Gasteiger partial charge on any atom is -0.507 e. The quantitative estimate of drug-likeness (QED) is 0.325. The maximum absolute atomic E-state index is 13.2. The number of aliphatic hydroxyl groups excluding tert-OH is 1. The SMILES string of the molecule is CC(C)COc1cccc(C2/C(=C(/O)c3ccccc3)C(=O)C(=O)N2Cc2ccncc2)c1. The molecule has 1 N–H and O–H groups in total. The van der Waals surface area contributed by atoms with Crippen molar-refractivity contribution in [3.8, 4) is 5.75 Å². The Hall–Kier alpha value is -3.93. The van der Waals surface area contributed by atoms with Crippen LogP contribution in [-0.2, 0) is 16.1 Å². The second kappa shape index (κ2) is 9.69. The second-order valence-electron chi connectivity index (χ2n) is 8.43. The van der Waals surface area contributed by atoms with Gasteiger partial charge in [0.1, 0.15) is 11.5 Å². The molecule has 0 aliphatic carbocycles. The Morgan fingerprint density at radius 2 is 1.76 bits per heavy atom. The van der Waals surface area contributed by atoms with E-state index in [0.29, 0.717) is 29.4 Å². The molecule has 0 spiro atoms. The highest BCUT2D eigenvalue weighted by Crippen LogP contribution is 2.41. The number of aliphatic hydroxyl groups is 1. The highest BCUT2D eigenvalue weighted by molar-refractivity contribution is 6.46. The fraction of sp³-hybridized carbons (Fsp3) is 0.222. The summed E-state index contributed by atoms with van der Waals surface area (Å²) in [6, 6.07) is 19.0. The zero-order chi connectivity index (χ0) is 23.4. The fourth-order valence-corrected chi connectivity index (χ4v) is 3.86. The van der Waals surface area contributed by atoms with Crippen LogP contribution in [0.4, 0.5) is 0 Å². The molecule has 168 valence electrons. The molecule has 2 heterocycles. The third-order valence-electron chi connectivity index (χ3n) is 5.45. The molecule has 1 saturated heterocycles. The molecule has 6 nitrogen and oxygen atoms in total. The lowest BCUT2D eigenvalue weighted by Gasteiger charge is -2.26. The molecular weight excluding hydrogens is 416 g/mol. The first-order valence-electron chi connectivity index (χ1n) is 10.9. The summed E-state index contributed by atoms with van der Waals surface area (Å²) in [5, 5.41) is 11.1. The van der Waals surface area contributed by atoms with Gasteiger partial charge in [0.25, 0.3) is 11.7 Å². The largest absolute Gasteiger partial charge is 0.507 e. The van der Waals surface area contributed by atoms with E-state index in [1.54, 1.807) is 48.8 Å². The molecule has 0 bridgehead atoms. The lowest BCUT2D eigenvalue weighted by atomic mass is 9.95. The zero-order valence-corrected chi connectivity index (χ0v) is 18.6. The summed E-state index contributed by atoms with van der Waals surface area (Å²) in [6.07, 6.45) is 3.29. The number of ketones is 1. The van der Waals surface area contributed by atoms with Crippen LogP contribution in [0.2, 0.25) is 0 Å². The van der Waals surface area contributed by atoms with E-state index in [1.165, 1.54) is 4.90 Å². The summed E-state index contributed by atoms with van der Waals surface area (Å²) >= 11 is 0. The van der Waals surface area contributed by atoms with Crippen molar-refractivity contribution >= 4 is 17.4 Å². The predicted molar refractivity (Wildman–Crippen MR) is 125 cm³/mol. The van der Waals surface area contributed by atoms with E-state index >= 15 is 0 Å². The normalized spacial score (nSPS) is 17.5. The molecule has 0 saturated carbocycles. The van der Waals surface area contributed by atoms with Crippen LogP contribution in [0, 0.1) is 5.92 Å². The number of aromatic nitrogens is 1. The van der Waals surface area contributed by atoms with Crippen LogP contribution in [-0.4, -0.2) is 33.3 Å². The van der Waals surface area contributed by atoms with Crippen LogP contribution >= 0.6 is 0 Å². The predicted octanol–water partition coefficient (Wildman–Crippen LogP) is 4.74. The Bertz CT molecular complexity index is 1170. The van der Waals surface area contributed by atoms with Gasteiger partial charge in [-0.25, -0.2) is 0 Å². The van der Waals surface area contributed by atoms with E-state index in [1.807, 2.05) is 30.3 Å². The molecule has 2 aromatic carbocycles. The number of rotatable bonds is 7. The van der Waals surface area contributed by atoms with Gasteiger partial charge in [-0.05, 0) is 41.3 Å². The molecule has 1 aliphatic heterocycles. The third kappa shape index (κ3) is 4.80. The van der Waals surface area contributed by atoms with E-state index < -0.39 is 17.7 Å². The van der Waals surface area contributed by atoms with Crippen LogP contribution in [0.5, 0.6) is 5.75 Å². The number of carbonyl (C=O) groups excluding carboxylic acids is 2. The lowest BCUT2D eigenvalue weighted by Crippen LogP contribution is -2.29. The lowest BCUT2D eigenvalue weighted by molar-refractivity contribution is -0.140. The molecule has 1 atom stereocenters. The highest BCUT2D eigenvalue weighted by Gasteiger charge is 2.46. The molecule has 1 aromatic heterocycles. The molecule has 6 heteroatoms. The number of ether oxygens (including phenoxy) is 1. The Labute approximate surface area is 193 Å². The van der Waals surface area contributed by atoms with E-state index in [9.17, 15) is 14.7 Å². The summed E-state index contributed by atoms with van der Waals surface area (Å²) in [6.45, 7) is 4.88. The van der Waals surface area contributed by atoms with Crippen molar-refractivity contribution in [3.05, 3.63) is 101 Å². The Morgan fingerprint density at radius 3 is 2.45 bits per heavy atom. The number of Topliss-reactive ketones (excluding diaryl/α,β-unsaturated/α-hetero) is 1. The number of hydrogen-bond donors (Lipinski definition) is 1. The van der Waals surface area contributed by atoms with Gasteiger partial charge >= 0.3 is 0 Å². The van der Waals surface area contributed by atoms with Crippen molar-refractivity contribution in [3.63, 3.8) is 0 Å². The van der Waals surface area contributed by atoms with Crippen molar-refractivity contribution in [2.45, 2.75) is 26.4 Å². The molecule has 33 heavy (non-hydrogen) atoms. The Morgan fingerprint density at radius 1 is 1.03 bits per heavy atom. The van der Waals surface area contributed by atoms with Gasteiger partial charge in [-0.15, -0.1) is 0 Å². The van der Waals surface area contributed by atoms with Gasteiger partial charge in [-0.3, -0.25) is 14.6 Å². The standard InChI is InChI=1S/C27H26N2O4/c1-18(2)17-33-22-10-6-9-21(15-22)24-23(25(30)20-7-4-3-5-8-20)26(31)27(32)29(24)16-19-11-13-28-14-12-19/h3-15,18,24,30H,16-17H2,1-2H3/b25-23-. The smallest absolute Gasteiger partial charge is 0.295 e. The van der Waals surface area contributed by atoms with Crippen molar-refractivity contribution in [2.24, 2.45) is 5.92 Å². The monoisotopic (exact) mass is 442 g/mol. The highest BCUT2D eigenvalue weighted by atomic mass is 16.5. The molecule has 3 aromatic rings. The number of likely N-dealkylation sites (tertiary alicyclic amines) is 1. The van der Waals surface area contributed by atoms with Crippen molar-refractivity contribution in [1.29, 1.82) is 0 Å². The average molecular weight is 443 g/mol. The number of amides is 1. The van der Waals surface area contributed by atoms with E-state index in [4.69, 9.17) is 4.74 Å². The maximum atomic E-state index is 13.2. The molecule has 1 aliphatic rings. The number of carbonyl (C=O) groups is 2. The van der Waals surface area contributed by atoms with Crippen LogP contribution < -0.4 is 4.74 Å². The van der Waals surface area contributed by atoms with E-state index in [-0.39, 0.29) is 17.9 Å².